The van der Waals surface area contributed by atoms with Crippen molar-refractivity contribution in [1.82, 2.24) is 4.37 Å². The van der Waals surface area contributed by atoms with Crippen molar-refractivity contribution in [2.75, 3.05) is 5.32 Å². The van der Waals surface area contributed by atoms with E-state index in [2.05, 4.69) is 28.7 Å². The first-order chi connectivity index (χ1) is 8.61. The number of carbonyl (C=O) groups excluding carboxylic acids is 1. The smallest absolute Gasteiger partial charge is 0.164 e. The molecule has 0 amide bonds. The molecule has 0 saturated heterocycles. The third-order valence-electron chi connectivity index (χ3n) is 2.70. The fraction of sp³-hybridized carbons (Fsp3) is 0.385. The van der Waals surface area contributed by atoms with Crippen LogP contribution in [0.25, 0.3) is 0 Å². The summed E-state index contributed by atoms with van der Waals surface area (Å²) in [5.41, 5.74) is 1.54. The molecule has 96 valence electrons. The Kier molecular flexibility index (Phi) is 4.14. The first-order valence-electron chi connectivity index (χ1n) is 5.90. The van der Waals surface area contributed by atoms with Crippen LogP contribution in [0.1, 0.15) is 39.7 Å². The molecule has 0 aromatic carbocycles. The summed E-state index contributed by atoms with van der Waals surface area (Å²) in [6, 6.07) is 4.29. The van der Waals surface area contributed by atoms with Crippen molar-refractivity contribution in [3.8, 4) is 0 Å². The van der Waals surface area contributed by atoms with E-state index in [0.29, 0.717) is 0 Å². The Morgan fingerprint density at radius 2 is 2.11 bits per heavy atom. The maximum absolute atomic E-state index is 11.5. The number of aryl methyl sites for hydroxylation is 2. The molecule has 0 radical (unpaired) electrons. The van der Waals surface area contributed by atoms with Crippen molar-refractivity contribution in [2.24, 2.45) is 0 Å². The second-order valence-electron chi connectivity index (χ2n) is 4.10. The normalized spacial score (nSPS) is 10.6. The molecule has 0 aliphatic rings. The molecule has 2 heterocycles. The van der Waals surface area contributed by atoms with Crippen LogP contribution in [-0.4, -0.2) is 10.2 Å². The summed E-state index contributed by atoms with van der Waals surface area (Å²) >= 11 is 3.17. The number of hydrogen-bond donors (Lipinski definition) is 1. The Bertz CT molecular complexity index is 557. The number of nitrogens with one attached hydrogen (secondary N) is 1. The highest BCUT2D eigenvalue weighted by atomic mass is 32.1. The molecular formula is C13H16N2OS2. The molecule has 2 aromatic rings. The minimum absolute atomic E-state index is 0.0733. The van der Waals surface area contributed by atoms with Gasteiger partial charge >= 0.3 is 0 Å². The van der Waals surface area contributed by atoms with E-state index < -0.39 is 0 Å². The highest BCUT2D eigenvalue weighted by molar-refractivity contribution is 7.12. The zero-order valence-corrected chi connectivity index (χ0v) is 12.4. The molecule has 3 nitrogen and oxygen atoms in total. The van der Waals surface area contributed by atoms with Crippen LogP contribution in [0.15, 0.2) is 12.1 Å². The Morgan fingerprint density at radius 1 is 1.39 bits per heavy atom. The number of anilines is 1. The largest absolute Gasteiger partial charge is 0.370 e. The van der Waals surface area contributed by atoms with Gasteiger partial charge in [0, 0.05) is 9.75 Å². The van der Waals surface area contributed by atoms with E-state index >= 15 is 0 Å². The van der Waals surface area contributed by atoms with E-state index in [1.807, 2.05) is 18.3 Å². The average Bonchev–Trinajstić information content (AvgIpc) is 2.92. The van der Waals surface area contributed by atoms with Gasteiger partial charge in [-0.15, -0.1) is 11.3 Å². The molecule has 2 aromatic heterocycles. The van der Waals surface area contributed by atoms with Gasteiger partial charge in [-0.05, 0) is 43.9 Å². The number of hydrogen-bond acceptors (Lipinski definition) is 5. The predicted octanol–water partition coefficient (Wildman–Crippen LogP) is 3.89. The first kappa shape index (κ1) is 13.2. The predicted molar refractivity (Wildman–Crippen MR) is 77.9 cm³/mol. The van der Waals surface area contributed by atoms with Gasteiger partial charge in [-0.3, -0.25) is 4.79 Å². The summed E-state index contributed by atoms with van der Waals surface area (Å²) in [6.07, 6.45) is 1.07. The molecule has 0 bridgehead atoms. The molecule has 0 aliphatic heterocycles. The van der Waals surface area contributed by atoms with Crippen LogP contribution in [0.3, 0.4) is 0 Å². The quantitative estimate of drug-likeness (QED) is 0.845. The second kappa shape index (κ2) is 5.63. The Hall–Kier alpha value is -1.20. The van der Waals surface area contributed by atoms with Crippen LogP contribution >= 0.6 is 22.9 Å². The molecule has 0 saturated carbocycles. The lowest BCUT2D eigenvalue weighted by Crippen LogP contribution is -2.02. The van der Waals surface area contributed by atoms with Gasteiger partial charge in [0.05, 0.1) is 17.8 Å². The molecule has 0 unspecified atom stereocenters. The number of thiophene rings is 1. The van der Waals surface area contributed by atoms with E-state index in [4.69, 9.17) is 0 Å². The molecule has 0 fully saturated rings. The molecule has 0 aliphatic carbocycles. The third kappa shape index (κ3) is 2.79. The number of nitrogens with zero attached hydrogens (tertiary/aromatic N) is 1. The molecule has 2 rings (SSSR count). The minimum atomic E-state index is 0.0733. The highest BCUT2D eigenvalue weighted by Crippen LogP contribution is 2.26. The molecule has 18 heavy (non-hydrogen) atoms. The van der Waals surface area contributed by atoms with Crippen molar-refractivity contribution in [3.05, 3.63) is 33.1 Å². The SMILES string of the molecule is CCc1ccc(CNc2snc(C)c2C(C)=O)s1. The zero-order chi connectivity index (χ0) is 13.1. The van der Waals surface area contributed by atoms with Gasteiger partial charge < -0.3 is 5.32 Å². The number of Topliss-reactive ketones (excluding diaryl/α,β-unsaturated/α-hetero) is 1. The van der Waals surface area contributed by atoms with Gasteiger partial charge in [0.2, 0.25) is 0 Å². The van der Waals surface area contributed by atoms with Crippen molar-refractivity contribution in [2.45, 2.75) is 33.7 Å². The molecule has 0 spiro atoms. The van der Waals surface area contributed by atoms with E-state index in [1.54, 1.807) is 6.92 Å². The van der Waals surface area contributed by atoms with Crippen LogP contribution < -0.4 is 5.32 Å². The van der Waals surface area contributed by atoms with E-state index in [-0.39, 0.29) is 5.78 Å². The van der Waals surface area contributed by atoms with Crippen molar-refractivity contribution >= 4 is 33.7 Å². The van der Waals surface area contributed by atoms with E-state index in [0.717, 1.165) is 29.2 Å². The third-order valence-corrected chi connectivity index (χ3v) is 4.83. The summed E-state index contributed by atoms with van der Waals surface area (Å²) < 4.78 is 4.23. The van der Waals surface area contributed by atoms with Crippen molar-refractivity contribution in [3.63, 3.8) is 0 Å². The van der Waals surface area contributed by atoms with Crippen molar-refractivity contribution < 1.29 is 4.79 Å². The van der Waals surface area contributed by atoms with Gasteiger partial charge in [-0.1, -0.05) is 6.92 Å². The summed E-state index contributed by atoms with van der Waals surface area (Å²) in [7, 11) is 0. The van der Waals surface area contributed by atoms with Crippen LogP contribution in [0.2, 0.25) is 0 Å². The Morgan fingerprint density at radius 3 is 2.72 bits per heavy atom. The Labute approximate surface area is 115 Å². The summed E-state index contributed by atoms with van der Waals surface area (Å²) in [5, 5.41) is 4.20. The summed E-state index contributed by atoms with van der Waals surface area (Å²) in [6.45, 7) is 6.37. The number of aromatic nitrogens is 1. The van der Waals surface area contributed by atoms with Gasteiger partial charge in [0.15, 0.2) is 5.78 Å². The number of carbonyl (C=O) groups is 1. The first-order valence-corrected chi connectivity index (χ1v) is 7.49. The Balaban J connectivity index is 2.08. The number of rotatable bonds is 5. The molecular weight excluding hydrogens is 264 g/mol. The van der Waals surface area contributed by atoms with Crippen LogP contribution in [0, 0.1) is 6.92 Å². The monoisotopic (exact) mass is 280 g/mol. The van der Waals surface area contributed by atoms with E-state index in [1.165, 1.54) is 21.3 Å². The molecule has 0 atom stereocenters. The minimum Gasteiger partial charge on any atom is -0.370 e. The maximum atomic E-state index is 11.5. The van der Waals surface area contributed by atoms with Gasteiger partial charge in [0.1, 0.15) is 5.00 Å². The summed E-state index contributed by atoms with van der Waals surface area (Å²) in [4.78, 5) is 14.2. The van der Waals surface area contributed by atoms with Crippen molar-refractivity contribution in [1.29, 1.82) is 0 Å². The lowest BCUT2D eigenvalue weighted by Gasteiger charge is -2.03. The fourth-order valence-corrected chi connectivity index (χ4v) is 3.52. The fourth-order valence-electron chi connectivity index (χ4n) is 1.78. The van der Waals surface area contributed by atoms with Crippen LogP contribution in [0.5, 0.6) is 0 Å². The van der Waals surface area contributed by atoms with Gasteiger partial charge in [-0.25, -0.2) is 0 Å². The lowest BCUT2D eigenvalue weighted by atomic mass is 10.2. The molecule has 1 N–H and O–H groups in total. The second-order valence-corrected chi connectivity index (χ2v) is 6.13. The highest BCUT2D eigenvalue weighted by Gasteiger charge is 2.14. The zero-order valence-electron chi connectivity index (χ0n) is 10.7. The maximum Gasteiger partial charge on any atom is 0.164 e. The topological polar surface area (TPSA) is 42.0 Å². The van der Waals surface area contributed by atoms with E-state index in [9.17, 15) is 4.79 Å². The average molecular weight is 280 g/mol. The van der Waals surface area contributed by atoms with Gasteiger partial charge in [0.25, 0.3) is 0 Å². The van der Waals surface area contributed by atoms with Gasteiger partial charge in [-0.2, -0.15) is 4.37 Å². The number of ketones is 1. The van der Waals surface area contributed by atoms with Crippen LogP contribution in [-0.2, 0) is 13.0 Å². The lowest BCUT2D eigenvalue weighted by molar-refractivity contribution is 0.101. The molecule has 5 heteroatoms. The van der Waals surface area contributed by atoms with Crippen LogP contribution in [0.4, 0.5) is 5.00 Å². The standard InChI is InChI=1S/C13H16N2OS2/c1-4-10-5-6-11(17-10)7-14-13-12(9(3)16)8(2)15-18-13/h5-6,14H,4,7H2,1-3H3. The summed E-state index contributed by atoms with van der Waals surface area (Å²) in [5.74, 6) is 0.0733.